The summed E-state index contributed by atoms with van der Waals surface area (Å²) in [7, 11) is -1.16. The van der Waals surface area contributed by atoms with Gasteiger partial charge in [-0.3, -0.25) is 4.98 Å². The van der Waals surface area contributed by atoms with Gasteiger partial charge in [0.15, 0.2) is 0 Å². The van der Waals surface area contributed by atoms with Crippen LogP contribution in [0.1, 0.15) is 12.0 Å². The van der Waals surface area contributed by atoms with E-state index in [9.17, 15) is 0 Å². The second kappa shape index (κ2) is 6.03. The van der Waals surface area contributed by atoms with Crippen LogP contribution in [-0.4, -0.2) is 13.1 Å². The van der Waals surface area contributed by atoms with Crippen LogP contribution in [0.15, 0.2) is 66.9 Å². The Hall–Kier alpha value is -2.19. The normalized spacial score (nSPS) is 15.8. The molecular formula is C22H23NSi. The zero-order valence-corrected chi connectivity index (χ0v) is 15.4. The molecule has 24 heavy (non-hydrogen) atoms. The SMILES string of the molecule is Cc1cc(-c2ccc(-c3ccccc3)cc2)ncc1[Si]1(C)CCC1. The van der Waals surface area contributed by atoms with E-state index in [2.05, 4.69) is 80.3 Å². The summed E-state index contributed by atoms with van der Waals surface area (Å²) in [5.74, 6) is 0. The molecule has 0 bridgehead atoms. The van der Waals surface area contributed by atoms with Gasteiger partial charge in [0.05, 0.1) is 13.8 Å². The number of hydrogen-bond donors (Lipinski definition) is 0. The van der Waals surface area contributed by atoms with E-state index in [0.717, 1.165) is 5.69 Å². The highest BCUT2D eigenvalue weighted by molar-refractivity contribution is 6.93. The molecule has 120 valence electrons. The molecule has 0 saturated carbocycles. The lowest BCUT2D eigenvalue weighted by Crippen LogP contribution is -2.51. The van der Waals surface area contributed by atoms with Crippen molar-refractivity contribution < 1.29 is 0 Å². The molecule has 0 N–H and O–H groups in total. The zero-order valence-electron chi connectivity index (χ0n) is 14.4. The molecule has 0 atom stereocenters. The molecule has 1 nitrogen and oxygen atoms in total. The van der Waals surface area contributed by atoms with E-state index in [1.807, 2.05) is 0 Å². The number of rotatable bonds is 3. The first kappa shape index (κ1) is 15.3. The van der Waals surface area contributed by atoms with Gasteiger partial charge in [0.25, 0.3) is 0 Å². The maximum absolute atomic E-state index is 4.80. The second-order valence-electron chi connectivity index (χ2n) is 7.24. The molecule has 2 heterocycles. The van der Waals surface area contributed by atoms with Crippen molar-refractivity contribution in [3.05, 3.63) is 72.4 Å². The van der Waals surface area contributed by atoms with E-state index in [1.165, 1.54) is 40.8 Å². The smallest absolute Gasteiger partial charge is 0.0860 e. The Kier molecular flexibility index (Phi) is 3.85. The molecule has 1 aliphatic rings. The Morgan fingerprint density at radius 2 is 1.46 bits per heavy atom. The van der Waals surface area contributed by atoms with Gasteiger partial charge in [-0.05, 0) is 34.9 Å². The molecule has 0 unspecified atom stereocenters. The molecule has 1 saturated heterocycles. The molecule has 1 fully saturated rings. The molecule has 1 aromatic heterocycles. The van der Waals surface area contributed by atoms with Crippen molar-refractivity contribution in [1.82, 2.24) is 4.98 Å². The third-order valence-corrected chi connectivity index (χ3v) is 10.2. The molecule has 0 amide bonds. The summed E-state index contributed by atoms with van der Waals surface area (Å²) in [6, 6.07) is 24.4. The predicted octanol–water partition coefficient (Wildman–Crippen LogP) is 5.41. The van der Waals surface area contributed by atoms with Gasteiger partial charge in [0.1, 0.15) is 0 Å². The van der Waals surface area contributed by atoms with Crippen molar-refractivity contribution in [3.8, 4) is 22.4 Å². The Balaban J connectivity index is 1.63. The van der Waals surface area contributed by atoms with Crippen LogP contribution >= 0.6 is 0 Å². The van der Waals surface area contributed by atoms with E-state index in [1.54, 1.807) is 5.19 Å². The van der Waals surface area contributed by atoms with Crippen LogP contribution in [0.2, 0.25) is 18.6 Å². The van der Waals surface area contributed by atoms with Gasteiger partial charge in [0, 0.05) is 11.8 Å². The van der Waals surface area contributed by atoms with Gasteiger partial charge in [-0.25, -0.2) is 0 Å². The van der Waals surface area contributed by atoms with Crippen LogP contribution in [-0.2, 0) is 0 Å². The molecule has 1 aliphatic heterocycles. The fourth-order valence-electron chi connectivity index (χ4n) is 3.79. The Bertz CT molecular complexity index is 849. The van der Waals surface area contributed by atoms with Crippen LogP contribution < -0.4 is 5.19 Å². The fourth-order valence-corrected chi connectivity index (χ4v) is 7.14. The number of nitrogens with zero attached hydrogens (tertiary/aromatic N) is 1. The first-order valence-corrected chi connectivity index (χ1v) is 11.7. The van der Waals surface area contributed by atoms with Crippen molar-refractivity contribution in [2.24, 2.45) is 0 Å². The highest BCUT2D eigenvalue weighted by atomic mass is 28.3. The number of aromatic nitrogens is 1. The minimum absolute atomic E-state index is 1.09. The molecule has 2 aromatic carbocycles. The number of aryl methyl sites for hydroxylation is 1. The van der Waals surface area contributed by atoms with Gasteiger partial charge in [0.2, 0.25) is 0 Å². The Morgan fingerprint density at radius 1 is 0.833 bits per heavy atom. The van der Waals surface area contributed by atoms with E-state index in [-0.39, 0.29) is 0 Å². The highest BCUT2D eigenvalue weighted by Crippen LogP contribution is 2.33. The van der Waals surface area contributed by atoms with Crippen molar-refractivity contribution in [3.63, 3.8) is 0 Å². The monoisotopic (exact) mass is 329 g/mol. The van der Waals surface area contributed by atoms with Crippen molar-refractivity contribution in [2.75, 3.05) is 0 Å². The molecule has 0 aliphatic carbocycles. The number of benzene rings is 2. The van der Waals surface area contributed by atoms with Gasteiger partial charge in [-0.15, -0.1) is 0 Å². The van der Waals surface area contributed by atoms with E-state index in [4.69, 9.17) is 4.98 Å². The predicted molar refractivity (Wildman–Crippen MR) is 105 cm³/mol. The maximum atomic E-state index is 4.80. The van der Waals surface area contributed by atoms with Gasteiger partial charge < -0.3 is 0 Å². The third-order valence-electron chi connectivity index (χ3n) is 5.51. The summed E-state index contributed by atoms with van der Waals surface area (Å²) in [4.78, 5) is 4.80. The summed E-state index contributed by atoms with van der Waals surface area (Å²) < 4.78 is 0. The average molecular weight is 330 g/mol. The van der Waals surface area contributed by atoms with Gasteiger partial charge >= 0.3 is 0 Å². The molecular weight excluding hydrogens is 306 g/mol. The number of hydrogen-bond acceptors (Lipinski definition) is 1. The van der Waals surface area contributed by atoms with E-state index < -0.39 is 8.07 Å². The van der Waals surface area contributed by atoms with Crippen LogP contribution in [0.3, 0.4) is 0 Å². The first-order chi connectivity index (χ1) is 11.7. The van der Waals surface area contributed by atoms with Crippen LogP contribution in [0.25, 0.3) is 22.4 Å². The Labute approximate surface area is 145 Å². The van der Waals surface area contributed by atoms with Crippen molar-refractivity contribution in [2.45, 2.75) is 32.0 Å². The van der Waals surface area contributed by atoms with E-state index in [0.29, 0.717) is 0 Å². The third kappa shape index (κ3) is 2.71. The van der Waals surface area contributed by atoms with E-state index >= 15 is 0 Å². The summed E-state index contributed by atoms with van der Waals surface area (Å²) >= 11 is 0. The average Bonchev–Trinajstić information content (AvgIpc) is 2.61. The fraction of sp³-hybridized carbons (Fsp3) is 0.227. The number of pyridine rings is 1. The molecule has 0 radical (unpaired) electrons. The molecule has 3 aromatic rings. The topological polar surface area (TPSA) is 12.9 Å². The summed E-state index contributed by atoms with van der Waals surface area (Å²) in [6.45, 7) is 4.77. The maximum Gasteiger partial charge on any atom is 0.0860 e. The molecule has 4 rings (SSSR count). The summed E-state index contributed by atoms with van der Waals surface area (Å²) in [6.07, 6.45) is 3.58. The summed E-state index contributed by atoms with van der Waals surface area (Å²) in [5, 5.41) is 1.57. The highest BCUT2D eigenvalue weighted by Gasteiger charge is 2.37. The zero-order chi connectivity index (χ0) is 16.6. The Morgan fingerprint density at radius 3 is 2.04 bits per heavy atom. The minimum atomic E-state index is -1.16. The van der Waals surface area contributed by atoms with Crippen LogP contribution in [0.5, 0.6) is 0 Å². The van der Waals surface area contributed by atoms with Crippen molar-refractivity contribution in [1.29, 1.82) is 0 Å². The van der Waals surface area contributed by atoms with Gasteiger partial charge in [-0.1, -0.05) is 79.7 Å². The first-order valence-electron chi connectivity index (χ1n) is 8.79. The quantitative estimate of drug-likeness (QED) is 0.585. The minimum Gasteiger partial charge on any atom is -0.256 e. The summed E-state index contributed by atoms with van der Waals surface area (Å²) in [5.41, 5.74) is 6.23. The van der Waals surface area contributed by atoms with Crippen molar-refractivity contribution >= 4 is 13.3 Å². The van der Waals surface area contributed by atoms with Crippen LogP contribution in [0, 0.1) is 6.92 Å². The van der Waals surface area contributed by atoms with Gasteiger partial charge in [-0.2, -0.15) is 0 Å². The largest absolute Gasteiger partial charge is 0.256 e. The second-order valence-corrected chi connectivity index (χ2v) is 11.9. The molecule has 0 spiro atoms. The standard InChI is InChI=1S/C22H23NSi/c1-17-15-21(23-16-22(17)24(2)13-6-14-24)20-11-9-19(10-12-20)18-7-4-3-5-8-18/h3-5,7-12,15-16H,6,13-14H2,1-2H3. The lowest BCUT2D eigenvalue weighted by molar-refractivity contribution is 0.915. The molecule has 2 heteroatoms. The van der Waals surface area contributed by atoms with Crippen LogP contribution in [0.4, 0.5) is 0 Å². The lowest BCUT2D eigenvalue weighted by atomic mass is 10.0. The lowest BCUT2D eigenvalue weighted by Gasteiger charge is -2.37.